The third-order valence-electron chi connectivity index (χ3n) is 3.00. The van der Waals surface area contributed by atoms with Gasteiger partial charge in [0.2, 0.25) is 5.78 Å². The Balaban J connectivity index is 2.43. The quantitative estimate of drug-likeness (QED) is 0.492. The molecule has 1 aromatic carbocycles. The van der Waals surface area contributed by atoms with Crippen molar-refractivity contribution in [1.82, 2.24) is 0 Å². The second kappa shape index (κ2) is 6.48. The van der Waals surface area contributed by atoms with Crippen molar-refractivity contribution in [3.05, 3.63) is 66.0 Å². The summed E-state index contributed by atoms with van der Waals surface area (Å²) >= 11 is 1.08. The summed E-state index contributed by atoms with van der Waals surface area (Å²) in [5.74, 6) is -0.180. The van der Waals surface area contributed by atoms with Crippen LogP contribution in [0.4, 0.5) is 0 Å². The van der Waals surface area contributed by atoms with Crippen LogP contribution in [0.25, 0.3) is 0 Å². The highest BCUT2D eigenvalue weighted by molar-refractivity contribution is 8.13. The minimum Gasteiger partial charge on any atom is -0.286 e. The largest absolute Gasteiger partial charge is 0.288 e. The summed E-state index contributed by atoms with van der Waals surface area (Å²) in [5.41, 5.74) is 1.56. The predicted octanol–water partition coefficient (Wildman–Crippen LogP) is 2.60. The topological polar surface area (TPSA) is 38.0 Å². The average molecular weight is 286 g/mol. The number of carbonyl (C=O) groups excluding carboxylic acids is 2. The molecule has 0 amide bonds. The molecule has 0 spiro atoms. The van der Waals surface area contributed by atoms with Gasteiger partial charge in [-0.25, -0.2) is 0 Å². The Kier molecular flexibility index (Phi) is 4.69. The highest BCUT2D eigenvalue weighted by Crippen LogP contribution is 2.15. The molecule has 3 nitrogen and oxygen atoms in total. The molecule has 4 heteroatoms. The van der Waals surface area contributed by atoms with Crippen LogP contribution in [0.5, 0.6) is 0 Å². The number of aromatic nitrogens is 1. The van der Waals surface area contributed by atoms with Crippen LogP contribution < -0.4 is 4.57 Å². The Morgan fingerprint density at radius 3 is 2.40 bits per heavy atom. The molecule has 0 saturated heterocycles. The molecule has 0 bridgehead atoms. The van der Waals surface area contributed by atoms with Gasteiger partial charge in [0, 0.05) is 17.2 Å². The normalized spacial score (nSPS) is 11.9. The Labute approximate surface area is 122 Å². The smallest absolute Gasteiger partial charge is 0.286 e. The van der Waals surface area contributed by atoms with E-state index in [9.17, 15) is 9.59 Å². The summed E-state index contributed by atoms with van der Waals surface area (Å²) in [6.07, 6.45) is 5.27. The summed E-state index contributed by atoms with van der Waals surface area (Å²) in [5, 5.41) is -0.158. The standard InChI is InChI=1S/C16H16NO2S/c1-12-7-6-10-17(11-12)14(16(19)20-2)15(18)13-8-4-3-5-9-13/h3-11,14H,1-2H3/q+1. The molecule has 1 atom stereocenters. The van der Waals surface area contributed by atoms with Crippen LogP contribution in [0.3, 0.4) is 0 Å². The molecule has 0 fully saturated rings. The molecule has 2 rings (SSSR count). The number of Topliss-reactive ketones (excluding diaryl/α,β-unsaturated/α-hetero) is 1. The monoisotopic (exact) mass is 286 g/mol. The molecule has 0 N–H and O–H groups in total. The first-order valence-electron chi connectivity index (χ1n) is 6.28. The molecule has 0 aliphatic heterocycles. The van der Waals surface area contributed by atoms with Crippen molar-refractivity contribution in [2.75, 3.05) is 6.26 Å². The first-order chi connectivity index (χ1) is 9.63. The summed E-state index contributed by atoms with van der Waals surface area (Å²) in [7, 11) is 0. The first-order valence-corrected chi connectivity index (χ1v) is 7.50. The second-order valence-electron chi connectivity index (χ2n) is 4.48. The lowest BCUT2D eigenvalue weighted by Crippen LogP contribution is -2.47. The maximum atomic E-state index is 12.6. The van der Waals surface area contributed by atoms with E-state index in [0.717, 1.165) is 17.3 Å². The summed E-state index contributed by atoms with van der Waals surface area (Å²) in [6, 6.07) is 11.9. The number of thioether (sulfide) groups is 1. The minimum atomic E-state index is -0.813. The van der Waals surface area contributed by atoms with Crippen molar-refractivity contribution in [3.63, 3.8) is 0 Å². The van der Waals surface area contributed by atoms with E-state index in [1.54, 1.807) is 41.3 Å². The minimum absolute atomic E-state index is 0.158. The van der Waals surface area contributed by atoms with E-state index in [1.807, 2.05) is 31.3 Å². The van der Waals surface area contributed by atoms with Gasteiger partial charge in [0.15, 0.2) is 12.4 Å². The van der Waals surface area contributed by atoms with Crippen LogP contribution in [0.15, 0.2) is 54.9 Å². The van der Waals surface area contributed by atoms with Crippen LogP contribution in [0.2, 0.25) is 0 Å². The zero-order valence-electron chi connectivity index (χ0n) is 11.4. The maximum absolute atomic E-state index is 12.6. The lowest BCUT2D eigenvalue weighted by Gasteiger charge is -2.09. The van der Waals surface area contributed by atoms with Gasteiger partial charge in [-0.15, -0.1) is 0 Å². The lowest BCUT2D eigenvalue weighted by atomic mass is 10.0. The maximum Gasteiger partial charge on any atom is 0.288 e. The van der Waals surface area contributed by atoms with Crippen LogP contribution in [-0.2, 0) is 4.79 Å². The van der Waals surface area contributed by atoms with Gasteiger partial charge < -0.3 is 0 Å². The molecule has 0 radical (unpaired) electrons. The Hall–Kier alpha value is -1.94. The third-order valence-corrected chi connectivity index (χ3v) is 3.62. The van der Waals surface area contributed by atoms with Crippen molar-refractivity contribution in [1.29, 1.82) is 0 Å². The number of aryl methyl sites for hydroxylation is 1. The molecule has 1 unspecified atom stereocenters. The van der Waals surface area contributed by atoms with Crippen LogP contribution >= 0.6 is 11.8 Å². The molecular weight excluding hydrogens is 270 g/mol. The fourth-order valence-corrected chi connectivity index (χ4v) is 2.46. The van der Waals surface area contributed by atoms with Gasteiger partial charge >= 0.3 is 0 Å². The van der Waals surface area contributed by atoms with Gasteiger partial charge in [-0.05, 0) is 19.2 Å². The Bertz CT molecular complexity index is 625. The highest BCUT2D eigenvalue weighted by Gasteiger charge is 2.35. The molecule has 1 aromatic heterocycles. The van der Waals surface area contributed by atoms with Crippen LogP contribution in [0.1, 0.15) is 22.0 Å². The number of ketones is 1. The zero-order chi connectivity index (χ0) is 14.5. The first kappa shape index (κ1) is 14.5. The summed E-state index contributed by atoms with van der Waals surface area (Å²) in [4.78, 5) is 24.8. The number of rotatable bonds is 4. The molecule has 0 saturated carbocycles. The zero-order valence-corrected chi connectivity index (χ0v) is 12.3. The molecule has 1 heterocycles. The number of benzene rings is 1. The summed E-state index contributed by atoms with van der Waals surface area (Å²) in [6.45, 7) is 1.93. The molecule has 20 heavy (non-hydrogen) atoms. The van der Waals surface area contributed by atoms with Gasteiger partial charge in [-0.3, -0.25) is 9.59 Å². The SMILES string of the molecule is CSC(=O)C(C(=O)c1ccccc1)[n+]1cccc(C)c1. The number of pyridine rings is 1. The van der Waals surface area contributed by atoms with E-state index >= 15 is 0 Å². The Morgan fingerprint density at radius 1 is 1.10 bits per heavy atom. The van der Waals surface area contributed by atoms with Gasteiger partial charge in [-0.2, -0.15) is 4.57 Å². The van der Waals surface area contributed by atoms with Crippen LogP contribution in [-0.4, -0.2) is 17.2 Å². The van der Waals surface area contributed by atoms with E-state index < -0.39 is 6.04 Å². The van der Waals surface area contributed by atoms with E-state index in [2.05, 4.69) is 0 Å². The van der Waals surface area contributed by atoms with E-state index in [0.29, 0.717) is 5.56 Å². The second-order valence-corrected chi connectivity index (χ2v) is 5.30. The van der Waals surface area contributed by atoms with Gasteiger partial charge in [0.1, 0.15) is 0 Å². The Morgan fingerprint density at radius 2 is 1.80 bits per heavy atom. The number of hydrogen-bond acceptors (Lipinski definition) is 3. The fourth-order valence-electron chi connectivity index (χ4n) is 2.01. The van der Waals surface area contributed by atoms with Gasteiger partial charge in [0.25, 0.3) is 11.2 Å². The van der Waals surface area contributed by atoms with Crippen molar-refractivity contribution in [3.8, 4) is 0 Å². The van der Waals surface area contributed by atoms with E-state index in [4.69, 9.17) is 0 Å². The van der Waals surface area contributed by atoms with Crippen LogP contribution in [0, 0.1) is 6.92 Å². The molecule has 0 aliphatic rings. The van der Waals surface area contributed by atoms with E-state index in [1.165, 1.54) is 0 Å². The third kappa shape index (κ3) is 3.14. The predicted molar refractivity (Wildman–Crippen MR) is 79.7 cm³/mol. The molecule has 102 valence electrons. The van der Waals surface area contributed by atoms with E-state index in [-0.39, 0.29) is 10.9 Å². The summed E-state index contributed by atoms with van der Waals surface area (Å²) < 4.78 is 1.68. The van der Waals surface area contributed by atoms with Gasteiger partial charge in [-0.1, -0.05) is 42.1 Å². The van der Waals surface area contributed by atoms with Crippen molar-refractivity contribution < 1.29 is 14.2 Å². The van der Waals surface area contributed by atoms with Crippen molar-refractivity contribution in [2.45, 2.75) is 13.0 Å². The van der Waals surface area contributed by atoms with Crippen molar-refractivity contribution >= 4 is 22.7 Å². The number of carbonyl (C=O) groups is 2. The average Bonchev–Trinajstić information content (AvgIpc) is 2.48. The van der Waals surface area contributed by atoms with Gasteiger partial charge in [0.05, 0.1) is 0 Å². The van der Waals surface area contributed by atoms with Crippen molar-refractivity contribution in [2.24, 2.45) is 0 Å². The molecular formula is C16H16NO2S+. The number of nitrogens with zero attached hydrogens (tertiary/aromatic N) is 1. The molecule has 0 aliphatic carbocycles. The lowest BCUT2D eigenvalue weighted by molar-refractivity contribution is -0.694. The highest BCUT2D eigenvalue weighted by atomic mass is 32.2. The fraction of sp³-hybridized carbons (Fsp3) is 0.188. The molecule has 2 aromatic rings. The number of hydrogen-bond donors (Lipinski definition) is 0.